The van der Waals surface area contributed by atoms with Crippen LogP contribution in [0.15, 0.2) is 35.6 Å². The highest BCUT2D eigenvalue weighted by Gasteiger charge is 2.61. The Morgan fingerprint density at radius 3 is 2.69 bits per heavy atom. The molecule has 4 aliphatic rings. The van der Waals surface area contributed by atoms with Crippen molar-refractivity contribution < 1.29 is 18.6 Å². The van der Waals surface area contributed by atoms with Gasteiger partial charge in [0.2, 0.25) is 5.88 Å². The average molecular weight is 459 g/mol. The molecule has 6 nitrogen and oxygen atoms in total. The van der Waals surface area contributed by atoms with E-state index >= 15 is 0 Å². The molecule has 0 amide bonds. The van der Waals surface area contributed by atoms with Crippen LogP contribution in [0.3, 0.4) is 0 Å². The quantitative estimate of drug-likeness (QED) is 0.692. The second-order valence-electron chi connectivity index (χ2n) is 8.93. The minimum absolute atomic E-state index is 0.231. The van der Waals surface area contributed by atoms with Gasteiger partial charge in [-0.15, -0.1) is 0 Å². The van der Waals surface area contributed by atoms with E-state index < -0.39 is 23.9 Å². The van der Waals surface area contributed by atoms with Crippen LogP contribution in [0.5, 0.6) is 5.88 Å². The SMILES string of the molecule is N#Cc1cnc(OCC2CC3(C(O)N4N=CCC4c4cc(F)cc(F)c4)CC2C3)c(Cl)c1. The van der Waals surface area contributed by atoms with E-state index in [0.717, 1.165) is 25.3 Å². The maximum absolute atomic E-state index is 13.7. The Morgan fingerprint density at radius 1 is 1.25 bits per heavy atom. The summed E-state index contributed by atoms with van der Waals surface area (Å²) in [6.07, 6.45) is 5.16. The summed E-state index contributed by atoms with van der Waals surface area (Å²) in [4.78, 5) is 4.11. The first-order chi connectivity index (χ1) is 15.4. The number of fused-ring (bicyclic) bond motifs is 1. The Kier molecular flexibility index (Phi) is 5.26. The number of nitriles is 1. The molecule has 0 radical (unpaired) electrons. The van der Waals surface area contributed by atoms with Crippen LogP contribution in [0.1, 0.15) is 42.9 Å². The number of ether oxygens (including phenoxy) is 1. The molecule has 6 rings (SSSR count). The van der Waals surface area contributed by atoms with Crippen molar-refractivity contribution in [1.82, 2.24) is 9.99 Å². The number of hydrogen-bond acceptors (Lipinski definition) is 6. The van der Waals surface area contributed by atoms with Gasteiger partial charge in [0.25, 0.3) is 0 Å². The summed E-state index contributed by atoms with van der Waals surface area (Å²) in [6, 6.07) is 6.53. The number of aliphatic hydroxyl groups is 1. The zero-order valence-corrected chi connectivity index (χ0v) is 17.8. The second kappa shape index (κ2) is 7.98. The Labute approximate surface area is 189 Å². The zero-order chi connectivity index (χ0) is 22.5. The van der Waals surface area contributed by atoms with E-state index in [1.165, 1.54) is 24.4 Å². The number of halogens is 3. The van der Waals surface area contributed by atoms with Crippen LogP contribution in [-0.4, -0.2) is 34.1 Å². The highest BCUT2D eigenvalue weighted by atomic mass is 35.5. The van der Waals surface area contributed by atoms with Gasteiger partial charge in [-0.1, -0.05) is 11.6 Å². The Bertz CT molecular complexity index is 1100. The van der Waals surface area contributed by atoms with E-state index in [-0.39, 0.29) is 11.3 Å². The van der Waals surface area contributed by atoms with Crippen molar-refractivity contribution in [1.29, 1.82) is 5.26 Å². The number of hydrogen-bond donors (Lipinski definition) is 1. The molecule has 0 spiro atoms. The van der Waals surface area contributed by atoms with Crippen LogP contribution < -0.4 is 4.74 Å². The number of aliphatic hydroxyl groups excluding tert-OH is 1. The zero-order valence-electron chi connectivity index (χ0n) is 17.1. The van der Waals surface area contributed by atoms with E-state index in [9.17, 15) is 13.9 Å². The molecule has 166 valence electrons. The Morgan fingerprint density at radius 2 is 2.00 bits per heavy atom. The summed E-state index contributed by atoms with van der Waals surface area (Å²) in [5.41, 5.74) is 0.504. The maximum atomic E-state index is 13.7. The topological polar surface area (TPSA) is 81.7 Å². The monoisotopic (exact) mass is 458 g/mol. The molecule has 2 bridgehead atoms. The molecule has 1 aromatic heterocycles. The van der Waals surface area contributed by atoms with Crippen LogP contribution in [0.4, 0.5) is 8.78 Å². The standard InChI is InChI=1S/C23H21ClF2N4O2/c24-19-3-13(10-27)11-28-21(19)32-12-16-9-23(7-15(16)8-23)22(31)30-20(1-2-29-30)14-4-17(25)6-18(26)5-14/h2-6,11,15-16,20,22,31H,1,7-9,12H2. The normalized spacial score (nSPS) is 29.0. The number of aromatic nitrogens is 1. The van der Waals surface area contributed by atoms with Crippen molar-refractivity contribution in [2.75, 3.05) is 6.61 Å². The number of hydrazone groups is 1. The fourth-order valence-corrected chi connectivity index (χ4v) is 5.68. The summed E-state index contributed by atoms with van der Waals surface area (Å²) in [6.45, 7) is 0.416. The van der Waals surface area contributed by atoms with Gasteiger partial charge in [-0.05, 0) is 54.9 Å². The van der Waals surface area contributed by atoms with Crippen LogP contribution in [0.25, 0.3) is 0 Å². The van der Waals surface area contributed by atoms with Crippen molar-refractivity contribution in [3.05, 3.63) is 58.2 Å². The number of benzene rings is 1. The van der Waals surface area contributed by atoms with Gasteiger partial charge in [0.05, 0.1) is 18.2 Å². The minimum atomic E-state index is -0.851. The number of pyridine rings is 1. The molecule has 3 unspecified atom stereocenters. The van der Waals surface area contributed by atoms with E-state index in [1.54, 1.807) is 11.2 Å². The highest BCUT2D eigenvalue weighted by Crippen LogP contribution is 2.64. The molecule has 2 aromatic rings. The molecular weight excluding hydrogens is 438 g/mol. The van der Waals surface area contributed by atoms with Crippen LogP contribution in [0, 0.1) is 40.2 Å². The summed E-state index contributed by atoms with van der Waals surface area (Å²) in [5, 5.41) is 26.4. The van der Waals surface area contributed by atoms with E-state index in [2.05, 4.69) is 10.1 Å². The third-order valence-electron chi connectivity index (χ3n) is 6.97. The molecule has 0 saturated heterocycles. The van der Waals surface area contributed by atoms with Gasteiger partial charge in [-0.25, -0.2) is 13.8 Å². The van der Waals surface area contributed by atoms with Crippen LogP contribution in [-0.2, 0) is 0 Å². The lowest BCUT2D eigenvalue weighted by Crippen LogP contribution is -2.48. The Hall–Kier alpha value is -2.76. The molecule has 2 heterocycles. The fourth-order valence-electron chi connectivity index (χ4n) is 5.46. The van der Waals surface area contributed by atoms with Gasteiger partial charge in [0, 0.05) is 30.3 Å². The lowest BCUT2D eigenvalue weighted by molar-refractivity contribution is -0.133. The first-order valence-electron chi connectivity index (χ1n) is 10.5. The van der Waals surface area contributed by atoms with Crippen LogP contribution in [0.2, 0.25) is 5.02 Å². The molecule has 3 fully saturated rings. The minimum Gasteiger partial charge on any atom is -0.476 e. The van der Waals surface area contributed by atoms with E-state index in [4.69, 9.17) is 21.6 Å². The molecular formula is C23H21ClF2N4O2. The predicted octanol–water partition coefficient (Wildman–Crippen LogP) is 4.43. The smallest absolute Gasteiger partial charge is 0.232 e. The van der Waals surface area contributed by atoms with E-state index in [1.807, 2.05) is 6.07 Å². The summed E-state index contributed by atoms with van der Waals surface area (Å²) < 4.78 is 33.3. The maximum Gasteiger partial charge on any atom is 0.232 e. The van der Waals surface area contributed by atoms with Gasteiger partial charge >= 0.3 is 0 Å². The predicted molar refractivity (Wildman–Crippen MR) is 113 cm³/mol. The molecule has 3 aliphatic carbocycles. The Balaban J connectivity index is 1.25. The number of rotatable bonds is 6. The van der Waals surface area contributed by atoms with Crippen molar-refractivity contribution >= 4 is 17.8 Å². The molecule has 32 heavy (non-hydrogen) atoms. The van der Waals surface area contributed by atoms with Crippen molar-refractivity contribution in [3.8, 4) is 11.9 Å². The van der Waals surface area contributed by atoms with Crippen molar-refractivity contribution in [3.63, 3.8) is 0 Å². The average Bonchev–Trinajstić information content (AvgIpc) is 3.44. The first kappa shape index (κ1) is 21.1. The molecule has 1 N–H and O–H groups in total. The van der Waals surface area contributed by atoms with Crippen LogP contribution >= 0.6 is 11.6 Å². The summed E-state index contributed by atoms with van der Waals surface area (Å²) >= 11 is 6.15. The molecule has 1 aliphatic heterocycles. The summed E-state index contributed by atoms with van der Waals surface area (Å²) in [5.74, 6) is -0.345. The lowest BCUT2D eigenvalue weighted by atomic mass is 9.67. The summed E-state index contributed by atoms with van der Waals surface area (Å²) in [7, 11) is 0. The van der Waals surface area contributed by atoms with E-state index in [0.29, 0.717) is 41.0 Å². The third kappa shape index (κ3) is 3.59. The largest absolute Gasteiger partial charge is 0.476 e. The highest BCUT2D eigenvalue weighted by molar-refractivity contribution is 6.31. The van der Waals surface area contributed by atoms with Gasteiger partial charge < -0.3 is 9.84 Å². The molecule has 3 saturated carbocycles. The molecule has 3 atom stereocenters. The fraction of sp³-hybridized carbons (Fsp3) is 0.435. The van der Waals surface area contributed by atoms with Gasteiger partial charge in [-0.2, -0.15) is 10.4 Å². The molecule has 9 heteroatoms. The van der Waals surface area contributed by atoms with Gasteiger partial charge in [0.15, 0.2) is 0 Å². The van der Waals surface area contributed by atoms with Gasteiger partial charge in [0.1, 0.15) is 29.0 Å². The number of nitrogens with zero attached hydrogens (tertiary/aromatic N) is 4. The van der Waals surface area contributed by atoms with Crippen molar-refractivity contribution in [2.24, 2.45) is 22.4 Å². The van der Waals surface area contributed by atoms with Crippen molar-refractivity contribution in [2.45, 2.75) is 38.0 Å². The lowest BCUT2D eigenvalue weighted by Gasteiger charge is -2.46. The molecule has 1 aromatic carbocycles. The van der Waals surface area contributed by atoms with Gasteiger partial charge in [-0.3, -0.25) is 5.01 Å². The first-order valence-corrected chi connectivity index (χ1v) is 10.9. The second-order valence-corrected chi connectivity index (χ2v) is 9.34. The third-order valence-corrected chi connectivity index (χ3v) is 7.25.